The van der Waals surface area contributed by atoms with E-state index < -0.39 is 20.6 Å². The molecule has 0 aliphatic carbocycles. The number of benzene rings is 1. The Bertz CT molecular complexity index is 887. The molecule has 0 aliphatic heterocycles. The molecule has 0 bridgehead atoms. The molecule has 0 aliphatic rings. The number of methoxy groups -OCH3 is 1. The Morgan fingerprint density at radius 3 is 2.52 bits per heavy atom. The van der Waals surface area contributed by atoms with Crippen molar-refractivity contribution in [2.75, 3.05) is 34.3 Å². The zero-order valence-electron chi connectivity index (χ0n) is 15.4. The Morgan fingerprint density at radius 2 is 1.96 bits per heavy atom. The summed E-state index contributed by atoms with van der Waals surface area (Å²) < 4.78 is 32.6. The molecule has 2 rings (SSSR count). The van der Waals surface area contributed by atoms with Gasteiger partial charge in [-0.3, -0.25) is 15.1 Å². The molecule has 0 atom stereocenters. The topological polar surface area (TPSA) is 106 Å². The van der Waals surface area contributed by atoms with Crippen LogP contribution < -0.4 is 4.74 Å². The van der Waals surface area contributed by atoms with Crippen molar-refractivity contribution in [1.82, 2.24) is 14.2 Å². The molecule has 0 amide bonds. The van der Waals surface area contributed by atoms with E-state index in [0.717, 1.165) is 6.07 Å². The van der Waals surface area contributed by atoms with Crippen LogP contribution in [0.15, 0.2) is 47.6 Å². The van der Waals surface area contributed by atoms with Crippen molar-refractivity contribution in [3.63, 3.8) is 0 Å². The van der Waals surface area contributed by atoms with E-state index in [9.17, 15) is 18.5 Å². The SMILES string of the molecule is COc1ccc(S(=O)(=O)N(CCN(C)C)Cc2cccnc2)c([N+](=O)[O-])c1. The van der Waals surface area contributed by atoms with E-state index in [1.807, 2.05) is 19.0 Å². The van der Waals surface area contributed by atoms with Crippen LogP contribution in [0.4, 0.5) is 5.69 Å². The number of aromatic nitrogens is 1. The summed E-state index contributed by atoms with van der Waals surface area (Å²) in [6.07, 6.45) is 3.16. The lowest BCUT2D eigenvalue weighted by Gasteiger charge is -2.24. The van der Waals surface area contributed by atoms with E-state index in [0.29, 0.717) is 12.1 Å². The summed E-state index contributed by atoms with van der Waals surface area (Å²) in [6, 6.07) is 7.18. The predicted octanol–water partition coefficient (Wildman–Crippen LogP) is 1.75. The smallest absolute Gasteiger partial charge is 0.293 e. The number of nitro groups is 1. The van der Waals surface area contributed by atoms with Gasteiger partial charge in [-0.1, -0.05) is 6.07 Å². The number of sulfonamides is 1. The van der Waals surface area contributed by atoms with Gasteiger partial charge in [-0.25, -0.2) is 8.42 Å². The van der Waals surface area contributed by atoms with Gasteiger partial charge in [0, 0.05) is 32.0 Å². The molecule has 9 nitrogen and oxygen atoms in total. The fraction of sp³-hybridized carbons (Fsp3) is 0.353. The molecule has 0 N–H and O–H groups in total. The number of rotatable bonds is 9. The summed E-state index contributed by atoms with van der Waals surface area (Å²) in [5, 5.41) is 11.4. The van der Waals surface area contributed by atoms with Crippen LogP contribution in [-0.2, 0) is 16.6 Å². The molecular formula is C17H22N4O5S. The first-order valence-electron chi connectivity index (χ1n) is 8.12. The average Bonchev–Trinajstić information content (AvgIpc) is 2.65. The van der Waals surface area contributed by atoms with Crippen molar-refractivity contribution in [3.05, 3.63) is 58.4 Å². The highest BCUT2D eigenvalue weighted by molar-refractivity contribution is 7.89. The maximum Gasteiger partial charge on any atom is 0.293 e. The quantitative estimate of drug-likeness (QED) is 0.471. The molecule has 1 aromatic carbocycles. The standard InChI is InChI=1S/C17H22N4O5S/c1-19(2)9-10-20(13-14-5-4-8-18-12-14)27(24,25)17-7-6-15(26-3)11-16(17)21(22)23/h4-8,11-12H,9-10,13H2,1-3H3. The van der Waals surface area contributed by atoms with E-state index >= 15 is 0 Å². The van der Waals surface area contributed by atoms with Crippen molar-refractivity contribution in [2.24, 2.45) is 0 Å². The van der Waals surface area contributed by atoms with Gasteiger partial charge < -0.3 is 9.64 Å². The minimum absolute atomic E-state index is 0.0627. The molecule has 0 saturated heterocycles. The lowest BCUT2D eigenvalue weighted by Crippen LogP contribution is -2.36. The van der Waals surface area contributed by atoms with Gasteiger partial charge in [-0.2, -0.15) is 4.31 Å². The first-order chi connectivity index (χ1) is 12.8. The van der Waals surface area contributed by atoms with Crippen LogP contribution in [0.3, 0.4) is 0 Å². The molecule has 0 unspecified atom stereocenters. The average molecular weight is 394 g/mol. The highest BCUT2D eigenvalue weighted by Gasteiger charge is 2.32. The van der Waals surface area contributed by atoms with E-state index in [1.54, 1.807) is 24.5 Å². The summed E-state index contributed by atoms with van der Waals surface area (Å²) in [6.45, 7) is 0.698. The van der Waals surface area contributed by atoms with Gasteiger partial charge in [-0.15, -0.1) is 0 Å². The number of ether oxygens (including phenoxy) is 1. The third kappa shape index (κ3) is 5.22. The van der Waals surface area contributed by atoms with E-state index in [2.05, 4.69) is 4.98 Å². The Hall–Kier alpha value is -2.56. The number of nitrogens with zero attached hydrogens (tertiary/aromatic N) is 4. The number of likely N-dealkylation sites (N-methyl/N-ethyl adjacent to an activating group) is 1. The first-order valence-corrected chi connectivity index (χ1v) is 9.56. The summed E-state index contributed by atoms with van der Waals surface area (Å²) in [5.74, 6) is 0.216. The van der Waals surface area contributed by atoms with Crippen LogP contribution in [0.5, 0.6) is 5.75 Å². The Balaban J connectivity index is 2.47. The van der Waals surface area contributed by atoms with E-state index in [4.69, 9.17) is 4.74 Å². The highest BCUT2D eigenvalue weighted by atomic mass is 32.2. The normalized spacial score (nSPS) is 11.7. The molecule has 1 heterocycles. The summed E-state index contributed by atoms with van der Waals surface area (Å²) in [4.78, 5) is 16.2. The van der Waals surface area contributed by atoms with Gasteiger partial charge in [0.2, 0.25) is 10.0 Å². The molecule has 1 aromatic heterocycles. The second-order valence-electron chi connectivity index (χ2n) is 6.09. The van der Waals surface area contributed by atoms with Crippen molar-refractivity contribution in [3.8, 4) is 5.75 Å². The molecule has 10 heteroatoms. The zero-order chi connectivity index (χ0) is 20.0. The molecule has 0 radical (unpaired) electrons. The maximum absolute atomic E-state index is 13.2. The van der Waals surface area contributed by atoms with E-state index in [-0.39, 0.29) is 23.7 Å². The van der Waals surface area contributed by atoms with Gasteiger partial charge in [0.25, 0.3) is 5.69 Å². The monoisotopic (exact) mass is 394 g/mol. The molecule has 2 aromatic rings. The highest BCUT2D eigenvalue weighted by Crippen LogP contribution is 2.31. The fourth-order valence-corrected chi connectivity index (χ4v) is 3.97. The van der Waals surface area contributed by atoms with Crippen LogP contribution in [-0.4, -0.2) is 61.8 Å². The van der Waals surface area contributed by atoms with Crippen LogP contribution in [0, 0.1) is 10.1 Å². The molecular weight excluding hydrogens is 372 g/mol. The van der Waals surface area contributed by atoms with Gasteiger partial charge in [0.15, 0.2) is 4.90 Å². The van der Waals surface area contributed by atoms with Gasteiger partial charge in [0.05, 0.1) is 18.1 Å². The number of hydrogen-bond acceptors (Lipinski definition) is 7. The van der Waals surface area contributed by atoms with Crippen molar-refractivity contribution in [2.45, 2.75) is 11.4 Å². The van der Waals surface area contributed by atoms with E-state index in [1.165, 1.54) is 23.5 Å². The maximum atomic E-state index is 13.2. The largest absolute Gasteiger partial charge is 0.497 e. The number of hydrogen-bond donors (Lipinski definition) is 0. The summed E-state index contributed by atoms with van der Waals surface area (Å²) >= 11 is 0. The lowest BCUT2D eigenvalue weighted by molar-refractivity contribution is -0.387. The first kappa shape index (κ1) is 20.7. The second kappa shape index (κ2) is 8.89. The predicted molar refractivity (Wildman–Crippen MR) is 100 cm³/mol. The molecule has 0 saturated carbocycles. The van der Waals surface area contributed by atoms with Crippen LogP contribution in [0.25, 0.3) is 0 Å². The van der Waals surface area contributed by atoms with Crippen LogP contribution in [0.2, 0.25) is 0 Å². The lowest BCUT2D eigenvalue weighted by atomic mass is 10.3. The molecule has 0 fully saturated rings. The molecule has 146 valence electrons. The third-order valence-electron chi connectivity index (χ3n) is 3.86. The summed E-state index contributed by atoms with van der Waals surface area (Å²) in [7, 11) is 0.894. The summed E-state index contributed by atoms with van der Waals surface area (Å²) in [5.41, 5.74) is 0.173. The Kier molecular flexibility index (Phi) is 6.83. The molecule has 27 heavy (non-hydrogen) atoms. The number of pyridine rings is 1. The Morgan fingerprint density at radius 1 is 1.22 bits per heavy atom. The minimum atomic E-state index is -4.11. The minimum Gasteiger partial charge on any atom is -0.497 e. The van der Waals surface area contributed by atoms with Crippen molar-refractivity contribution in [1.29, 1.82) is 0 Å². The van der Waals surface area contributed by atoms with Gasteiger partial charge in [-0.05, 0) is 37.9 Å². The van der Waals surface area contributed by atoms with Crippen molar-refractivity contribution >= 4 is 15.7 Å². The fourth-order valence-electron chi connectivity index (χ4n) is 2.42. The van der Waals surface area contributed by atoms with Crippen LogP contribution >= 0.6 is 0 Å². The van der Waals surface area contributed by atoms with Crippen molar-refractivity contribution < 1.29 is 18.1 Å². The van der Waals surface area contributed by atoms with Crippen LogP contribution in [0.1, 0.15) is 5.56 Å². The Labute approximate surface area is 158 Å². The van der Waals surface area contributed by atoms with Gasteiger partial charge >= 0.3 is 0 Å². The molecule has 0 spiro atoms. The number of nitro benzene ring substituents is 1. The second-order valence-corrected chi connectivity index (χ2v) is 8.00. The van der Waals surface area contributed by atoms with Gasteiger partial charge in [0.1, 0.15) is 5.75 Å². The zero-order valence-corrected chi connectivity index (χ0v) is 16.2. The third-order valence-corrected chi connectivity index (χ3v) is 5.75.